The smallest absolute Gasteiger partial charge is 0.349 e. The lowest BCUT2D eigenvalue weighted by Crippen LogP contribution is -2.49. The van der Waals surface area contributed by atoms with Crippen molar-refractivity contribution in [2.45, 2.75) is 27.2 Å². The van der Waals surface area contributed by atoms with E-state index in [9.17, 15) is 14.7 Å². The van der Waals surface area contributed by atoms with Gasteiger partial charge in [-0.1, -0.05) is 6.92 Å². The molecule has 0 bridgehead atoms. The number of hydrogen-bond donors (Lipinski definition) is 0. The first kappa shape index (κ1) is 15.1. The summed E-state index contributed by atoms with van der Waals surface area (Å²) in [5.74, 6) is -2.87. The normalized spacial score (nSPS) is 19.4. The predicted molar refractivity (Wildman–Crippen MR) is 54.7 cm³/mol. The second-order valence-electron chi connectivity index (χ2n) is 3.27. The fourth-order valence-electron chi connectivity index (χ4n) is 1.26. The van der Waals surface area contributed by atoms with Crippen molar-refractivity contribution in [1.29, 1.82) is 0 Å². The molecule has 0 saturated carbocycles. The highest BCUT2D eigenvalue weighted by Crippen LogP contribution is 2.14. The summed E-state index contributed by atoms with van der Waals surface area (Å²) in [4.78, 5) is 35.6. The Labute approximate surface area is 98.8 Å². The molecule has 1 aliphatic rings. The number of carbonyl (C=O) groups excluding carboxylic acids is 3. The maximum Gasteiger partial charge on any atom is 0.349 e. The maximum absolute atomic E-state index is 11.4. The average Bonchev–Trinajstić information content (AvgIpc) is 2.17. The number of carboxylic acids is 1. The first-order valence-corrected chi connectivity index (χ1v) is 5.13. The van der Waals surface area contributed by atoms with Gasteiger partial charge < -0.3 is 15.0 Å². The highest BCUT2D eigenvalue weighted by atomic mass is 16.4. The number of hydrogen-bond acceptors (Lipinski definition) is 5. The molecule has 1 atom stereocenters. The molecule has 0 fully saturated rings. The molecule has 96 valence electrons. The molecule has 0 spiro atoms. The molecule has 0 aromatic carbocycles. The third kappa shape index (κ3) is 4.21. The van der Waals surface area contributed by atoms with Crippen molar-refractivity contribution < 1.29 is 24.6 Å². The molecule has 17 heavy (non-hydrogen) atoms. The topological polar surface area (TPSA) is 113 Å². The van der Waals surface area contributed by atoms with Crippen LogP contribution in [0.3, 0.4) is 0 Å². The number of aliphatic imine (C=N–C) groups is 1. The summed E-state index contributed by atoms with van der Waals surface area (Å²) in [5, 5.41) is 20.0. The number of urea groups is 1. The Morgan fingerprint density at radius 2 is 1.88 bits per heavy atom. The number of carboxylic acid groups (broad SMARTS) is 1. The molecular weight excluding hydrogens is 228 g/mol. The van der Waals surface area contributed by atoms with Crippen molar-refractivity contribution in [2.24, 2.45) is 10.9 Å². The van der Waals surface area contributed by atoms with Crippen molar-refractivity contribution >= 4 is 23.8 Å². The molecule has 0 N–H and O–H groups in total. The SMILES string of the molecule is CC(=O)[O-].CCC1C(=O)N(CC)C(=O)N=C1[O-]. The van der Waals surface area contributed by atoms with Crippen molar-refractivity contribution in [2.75, 3.05) is 6.54 Å². The van der Waals surface area contributed by atoms with Gasteiger partial charge in [0.25, 0.3) is 0 Å². The quantitative estimate of drug-likeness (QED) is 0.585. The van der Waals surface area contributed by atoms with E-state index in [2.05, 4.69) is 4.99 Å². The zero-order chi connectivity index (χ0) is 13.6. The van der Waals surface area contributed by atoms with E-state index >= 15 is 0 Å². The van der Waals surface area contributed by atoms with Gasteiger partial charge in [-0.05, 0) is 26.2 Å². The lowest BCUT2D eigenvalue weighted by Gasteiger charge is -2.30. The maximum atomic E-state index is 11.4. The predicted octanol–water partition coefficient (Wildman–Crippen LogP) is -1.49. The summed E-state index contributed by atoms with van der Waals surface area (Å²) in [7, 11) is 0. The molecule has 7 heteroatoms. The Morgan fingerprint density at radius 3 is 2.24 bits per heavy atom. The summed E-state index contributed by atoms with van der Waals surface area (Å²) in [6, 6.07) is -0.734. The number of imide groups is 1. The molecule has 3 amide bonds. The van der Waals surface area contributed by atoms with Crippen LogP contribution in [-0.2, 0) is 9.59 Å². The van der Waals surface area contributed by atoms with E-state index in [1.165, 1.54) is 0 Å². The number of rotatable bonds is 2. The van der Waals surface area contributed by atoms with Crippen LogP contribution in [0.15, 0.2) is 4.99 Å². The van der Waals surface area contributed by atoms with E-state index in [4.69, 9.17) is 9.90 Å². The third-order valence-electron chi connectivity index (χ3n) is 2.02. The van der Waals surface area contributed by atoms with Gasteiger partial charge in [0.05, 0.1) is 5.92 Å². The Morgan fingerprint density at radius 1 is 1.41 bits per heavy atom. The van der Waals surface area contributed by atoms with Crippen LogP contribution in [0.2, 0.25) is 0 Å². The molecule has 0 radical (unpaired) electrons. The van der Waals surface area contributed by atoms with Crippen LogP contribution in [0, 0.1) is 5.92 Å². The number of aliphatic carboxylic acids is 1. The summed E-state index contributed by atoms with van der Waals surface area (Å²) in [6.45, 7) is 4.64. The Hall–Kier alpha value is -1.92. The van der Waals surface area contributed by atoms with E-state index in [1.54, 1.807) is 13.8 Å². The standard InChI is InChI=1S/C8H12N2O3.C2H4O2/c1-3-5-6(11)9-8(13)10(4-2)7(5)12;1-2(3)4/h5H,3-4H2,1-2H3,(H,9,11,13);1H3,(H,3,4)/p-2. The largest absolute Gasteiger partial charge is 0.861 e. The fourth-order valence-corrected chi connectivity index (χ4v) is 1.26. The van der Waals surface area contributed by atoms with E-state index in [0.717, 1.165) is 11.8 Å². The summed E-state index contributed by atoms with van der Waals surface area (Å²) in [6.07, 6.45) is 0.394. The first-order chi connectivity index (χ1) is 7.84. The molecule has 0 aliphatic carbocycles. The van der Waals surface area contributed by atoms with Crippen LogP contribution in [-0.4, -0.2) is 35.3 Å². The minimum atomic E-state index is -1.08. The molecular formula is C10H14N2O5-2. The van der Waals surface area contributed by atoms with Gasteiger partial charge in [-0.15, -0.1) is 0 Å². The Balaban J connectivity index is 0.000000557. The summed E-state index contributed by atoms with van der Waals surface area (Å²) < 4.78 is 0. The molecule has 1 unspecified atom stereocenters. The molecule has 1 aliphatic heterocycles. The highest BCUT2D eigenvalue weighted by molar-refractivity contribution is 6.12. The van der Waals surface area contributed by atoms with Crippen molar-refractivity contribution in [3.8, 4) is 0 Å². The third-order valence-corrected chi connectivity index (χ3v) is 2.02. The van der Waals surface area contributed by atoms with Crippen LogP contribution >= 0.6 is 0 Å². The molecule has 1 heterocycles. The van der Waals surface area contributed by atoms with E-state index in [1.807, 2.05) is 0 Å². The Kier molecular flexibility index (Phi) is 5.87. The van der Waals surface area contributed by atoms with Gasteiger partial charge in [-0.25, -0.2) is 9.79 Å². The molecule has 0 aromatic rings. The van der Waals surface area contributed by atoms with Crippen molar-refractivity contribution in [1.82, 2.24) is 4.90 Å². The van der Waals surface area contributed by atoms with Crippen molar-refractivity contribution in [3.05, 3.63) is 0 Å². The van der Waals surface area contributed by atoms with Gasteiger partial charge in [-0.3, -0.25) is 9.69 Å². The zero-order valence-electron chi connectivity index (χ0n) is 9.93. The van der Waals surface area contributed by atoms with Gasteiger partial charge in [-0.2, -0.15) is 0 Å². The number of amides is 3. The van der Waals surface area contributed by atoms with Gasteiger partial charge >= 0.3 is 6.03 Å². The molecule has 0 saturated heterocycles. The van der Waals surface area contributed by atoms with Gasteiger partial charge in [0.15, 0.2) is 0 Å². The molecule has 1 rings (SSSR count). The van der Waals surface area contributed by atoms with Crippen LogP contribution in [0.1, 0.15) is 27.2 Å². The van der Waals surface area contributed by atoms with Crippen LogP contribution in [0.4, 0.5) is 4.79 Å². The zero-order valence-corrected chi connectivity index (χ0v) is 9.93. The van der Waals surface area contributed by atoms with E-state index < -0.39 is 29.7 Å². The summed E-state index contributed by atoms with van der Waals surface area (Å²) >= 11 is 0. The van der Waals surface area contributed by atoms with Crippen LogP contribution in [0.25, 0.3) is 0 Å². The summed E-state index contributed by atoms with van der Waals surface area (Å²) in [5.41, 5.74) is 0. The monoisotopic (exact) mass is 242 g/mol. The van der Waals surface area contributed by atoms with E-state index in [-0.39, 0.29) is 6.54 Å². The average molecular weight is 242 g/mol. The fraction of sp³-hybridized carbons (Fsp3) is 0.600. The molecule has 0 aromatic heterocycles. The highest BCUT2D eigenvalue weighted by Gasteiger charge is 2.30. The number of carbonyl (C=O) groups is 3. The lowest BCUT2D eigenvalue weighted by atomic mass is 10.0. The Bertz CT molecular complexity index is 347. The lowest BCUT2D eigenvalue weighted by molar-refractivity contribution is -0.302. The first-order valence-electron chi connectivity index (χ1n) is 5.13. The van der Waals surface area contributed by atoms with Gasteiger partial charge in [0, 0.05) is 12.5 Å². The molecule has 7 nitrogen and oxygen atoms in total. The number of nitrogens with zero attached hydrogens (tertiary/aromatic N) is 2. The van der Waals surface area contributed by atoms with Crippen LogP contribution < -0.4 is 10.2 Å². The van der Waals surface area contributed by atoms with Gasteiger partial charge in [0.2, 0.25) is 5.91 Å². The second kappa shape index (κ2) is 6.62. The van der Waals surface area contributed by atoms with E-state index in [0.29, 0.717) is 6.42 Å². The van der Waals surface area contributed by atoms with Crippen molar-refractivity contribution in [3.63, 3.8) is 0 Å². The second-order valence-corrected chi connectivity index (χ2v) is 3.27. The minimum Gasteiger partial charge on any atom is -0.861 e. The minimum absolute atomic E-state index is 0.269. The van der Waals surface area contributed by atoms with Gasteiger partial charge in [0.1, 0.15) is 0 Å². The van der Waals surface area contributed by atoms with Crippen LogP contribution in [0.5, 0.6) is 0 Å².